The van der Waals surface area contributed by atoms with Crippen LogP contribution in [0.3, 0.4) is 0 Å². The summed E-state index contributed by atoms with van der Waals surface area (Å²) in [5.41, 5.74) is 1.01. The number of carbonyl (C=O) groups is 2. The molecule has 1 atom stereocenters. The lowest BCUT2D eigenvalue weighted by Gasteiger charge is -2.29. The summed E-state index contributed by atoms with van der Waals surface area (Å²) in [5, 5.41) is 2.91. The highest BCUT2D eigenvalue weighted by molar-refractivity contribution is 9.10. The average molecular weight is 383 g/mol. The van der Waals surface area contributed by atoms with Crippen LogP contribution in [-0.2, 0) is 16.1 Å². The van der Waals surface area contributed by atoms with Gasteiger partial charge in [-0.1, -0.05) is 48.8 Å². The van der Waals surface area contributed by atoms with Crippen LogP contribution in [0.2, 0.25) is 0 Å². The summed E-state index contributed by atoms with van der Waals surface area (Å²) in [4.78, 5) is 26.4. The van der Waals surface area contributed by atoms with Crippen LogP contribution in [-0.4, -0.2) is 29.3 Å². The topological polar surface area (TPSA) is 49.4 Å². The normalized spacial score (nSPS) is 12.1. The van der Waals surface area contributed by atoms with Gasteiger partial charge in [-0.05, 0) is 37.0 Å². The number of carbonyl (C=O) groups excluding carboxylic acids is 2. The third-order valence-electron chi connectivity index (χ3n) is 3.58. The number of nitrogens with one attached hydrogen (secondary N) is 1. The Hall–Kier alpha value is -1.36. The van der Waals surface area contributed by atoms with Crippen LogP contribution in [0, 0.1) is 5.92 Å². The molecule has 1 aromatic carbocycles. The number of halogens is 1. The highest BCUT2D eigenvalue weighted by Crippen LogP contribution is 2.15. The van der Waals surface area contributed by atoms with Crippen LogP contribution < -0.4 is 5.32 Å². The van der Waals surface area contributed by atoms with E-state index in [0.717, 1.165) is 16.5 Å². The first-order valence-corrected chi connectivity index (χ1v) is 8.96. The fourth-order valence-electron chi connectivity index (χ4n) is 2.18. The van der Waals surface area contributed by atoms with Crippen LogP contribution in [0.15, 0.2) is 28.7 Å². The number of benzene rings is 1. The van der Waals surface area contributed by atoms with E-state index in [-0.39, 0.29) is 11.8 Å². The van der Waals surface area contributed by atoms with Gasteiger partial charge in [0.1, 0.15) is 6.04 Å². The second kappa shape index (κ2) is 9.71. The van der Waals surface area contributed by atoms with Crippen molar-refractivity contribution in [2.45, 2.75) is 53.1 Å². The van der Waals surface area contributed by atoms with Gasteiger partial charge in [-0.3, -0.25) is 9.59 Å². The molecule has 128 valence electrons. The summed E-state index contributed by atoms with van der Waals surface area (Å²) in [5.74, 6) is 0.306. The molecular formula is C18H27BrN2O2. The molecule has 1 N–H and O–H groups in total. The third kappa shape index (κ3) is 6.73. The molecule has 0 aliphatic heterocycles. The Labute approximate surface area is 147 Å². The van der Waals surface area contributed by atoms with Crippen molar-refractivity contribution >= 4 is 27.7 Å². The minimum atomic E-state index is -0.476. The van der Waals surface area contributed by atoms with Crippen molar-refractivity contribution in [3.05, 3.63) is 34.3 Å². The van der Waals surface area contributed by atoms with Gasteiger partial charge in [0.2, 0.25) is 11.8 Å². The minimum absolute atomic E-state index is 0.0163. The quantitative estimate of drug-likeness (QED) is 0.744. The fourth-order valence-corrected chi connectivity index (χ4v) is 2.44. The maximum absolute atomic E-state index is 12.4. The van der Waals surface area contributed by atoms with Gasteiger partial charge < -0.3 is 10.2 Å². The number of nitrogens with zero attached hydrogens (tertiary/aromatic N) is 1. The van der Waals surface area contributed by atoms with E-state index in [2.05, 4.69) is 21.2 Å². The zero-order valence-electron chi connectivity index (χ0n) is 14.4. The first-order valence-electron chi connectivity index (χ1n) is 8.16. The van der Waals surface area contributed by atoms with E-state index in [1.807, 2.05) is 45.0 Å². The molecule has 0 aliphatic rings. The molecule has 0 aromatic heterocycles. The first kappa shape index (κ1) is 19.7. The van der Waals surface area contributed by atoms with E-state index in [1.54, 1.807) is 11.8 Å². The van der Waals surface area contributed by atoms with E-state index in [0.29, 0.717) is 25.4 Å². The number of hydrogen-bond donors (Lipinski definition) is 1. The van der Waals surface area contributed by atoms with Crippen molar-refractivity contribution in [1.82, 2.24) is 10.2 Å². The van der Waals surface area contributed by atoms with Gasteiger partial charge in [0, 0.05) is 24.0 Å². The Morgan fingerprint density at radius 1 is 1.17 bits per heavy atom. The standard InChI is InChI=1S/C18H27BrN2O2/c1-5-6-17(22)21(12-15-7-9-16(19)10-8-15)14(4)18(23)20-11-13(2)3/h7-10,13-14H,5-6,11-12H2,1-4H3,(H,20,23). The Bertz CT molecular complexity index is 514. The van der Waals surface area contributed by atoms with Crippen LogP contribution in [0.5, 0.6) is 0 Å². The molecule has 1 unspecified atom stereocenters. The molecule has 5 heteroatoms. The summed E-state index contributed by atoms with van der Waals surface area (Å²) in [6.45, 7) is 8.93. The van der Waals surface area contributed by atoms with E-state index < -0.39 is 6.04 Å². The summed E-state index contributed by atoms with van der Waals surface area (Å²) >= 11 is 3.41. The van der Waals surface area contributed by atoms with Gasteiger partial charge in [-0.15, -0.1) is 0 Å². The molecule has 2 amide bonds. The van der Waals surface area contributed by atoms with Crippen molar-refractivity contribution in [2.75, 3.05) is 6.54 Å². The van der Waals surface area contributed by atoms with Crippen LogP contribution >= 0.6 is 15.9 Å². The minimum Gasteiger partial charge on any atom is -0.354 e. The fraction of sp³-hybridized carbons (Fsp3) is 0.556. The van der Waals surface area contributed by atoms with E-state index in [9.17, 15) is 9.59 Å². The molecule has 0 heterocycles. The molecule has 0 radical (unpaired) electrons. The predicted molar refractivity (Wildman–Crippen MR) is 96.9 cm³/mol. The van der Waals surface area contributed by atoms with Crippen LogP contribution in [0.1, 0.15) is 46.1 Å². The van der Waals surface area contributed by atoms with Crippen molar-refractivity contribution in [3.8, 4) is 0 Å². The lowest BCUT2D eigenvalue weighted by atomic mass is 10.1. The molecule has 1 rings (SSSR count). The molecule has 23 heavy (non-hydrogen) atoms. The van der Waals surface area contributed by atoms with Gasteiger partial charge in [-0.2, -0.15) is 0 Å². The second-order valence-corrected chi connectivity index (χ2v) is 7.13. The molecular weight excluding hydrogens is 356 g/mol. The van der Waals surface area contributed by atoms with Crippen molar-refractivity contribution in [1.29, 1.82) is 0 Å². The number of hydrogen-bond acceptors (Lipinski definition) is 2. The number of rotatable bonds is 8. The lowest BCUT2D eigenvalue weighted by molar-refractivity contribution is -0.140. The smallest absolute Gasteiger partial charge is 0.242 e. The monoisotopic (exact) mass is 382 g/mol. The second-order valence-electron chi connectivity index (χ2n) is 6.21. The maximum atomic E-state index is 12.4. The van der Waals surface area contributed by atoms with Gasteiger partial charge in [0.25, 0.3) is 0 Å². The molecule has 0 saturated carbocycles. The highest BCUT2D eigenvalue weighted by Gasteiger charge is 2.25. The van der Waals surface area contributed by atoms with Crippen LogP contribution in [0.25, 0.3) is 0 Å². The molecule has 1 aromatic rings. The molecule has 0 aliphatic carbocycles. The van der Waals surface area contributed by atoms with Gasteiger partial charge in [0.15, 0.2) is 0 Å². The van der Waals surface area contributed by atoms with E-state index in [1.165, 1.54) is 0 Å². The van der Waals surface area contributed by atoms with Gasteiger partial charge in [0.05, 0.1) is 0 Å². The third-order valence-corrected chi connectivity index (χ3v) is 4.11. The van der Waals surface area contributed by atoms with Crippen molar-refractivity contribution in [2.24, 2.45) is 5.92 Å². The largest absolute Gasteiger partial charge is 0.354 e. The summed E-state index contributed by atoms with van der Waals surface area (Å²) in [6, 6.07) is 7.35. The molecule has 0 fully saturated rings. The van der Waals surface area contributed by atoms with Crippen molar-refractivity contribution < 1.29 is 9.59 Å². The Morgan fingerprint density at radius 2 is 1.78 bits per heavy atom. The van der Waals surface area contributed by atoms with E-state index in [4.69, 9.17) is 0 Å². The Kier molecular flexibility index (Phi) is 8.31. The SMILES string of the molecule is CCCC(=O)N(Cc1ccc(Br)cc1)C(C)C(=O)NCC(C)C. The Morgan fingerprint density at radius 3 is 2.30 bits per heavy atom. The van der Waals surface area contributed by atoms with Gasteiger partial charge in [-0.25, -0.2) is 0 Å². The first-order chi connectivity index (χ1) is 10.8. The zero-order valence-corrected chi connectivity index (χ0v) is 16.0. The Balaban J connectivity index is 2.84. The maximum Gasteiger partial charge on any atom is 0.242 e. The average Bonchev–Trinajstić information content (AvgIpc) is 2.51. The highest BCUT2D eigenvalue weighted by atomic mass is 79.9. The molecule has 4 nitrogen and oxygen atoms in total. The lowest BCUT2D eigenvalue weighted by Crippen LogP contribution is -2.48. The predicted octanol–water partition coefficient (Wildman–Crippen LogP) is 3.74. The number of amides is 2. The van der Waals surface area contributed by atoms with E-state index >= 15 is 0 Å². The molecule has 0 saturated heterocycles. The molecule has 0 spiro atoms. The van der Waals surface area contributed by atoms with Gasteiger partial charge >= 0.3 is 0 Å². The van der Waals surface area contributed by atoms with Crippen molar-refractivity contribution in [3.63, 3.8) is 0 Å². The summed E-state index contributed by atoms with van der Waals surface area (Å²) in [6.07, 6.45) is 1.23. The summed E-state index contributed by atoms with van der Waals surface area (Å²) < 4.78 is 0.996. The van der Waals surface area contributed by atoms with Crippen LogP contribution in [0.4, 0.5) is 0 Å². The zero-order chi connectivity index (χ0) is 17.4. The molecule has 0 bridgehead atoms. The summed E-state index contributed by atoms with van der Waals surface area (Å²) in [7, 11) is 0.